The summed E-state index contributed by atoms with van der Waals surface area (Å²) >= 11 is 0. The first-order valence-corrected chi connectivity index (χ1v) is 4.30. The smallest absolute Gasteiger partial charge is 0.110 e. The molecule has 2 rings (SSSR count). The van der Waals surface area contributed by atoms with E-state index in [1.54, 1.807) is 0 Å². The van der Waals surface area contributed by atoms with E-state index < -0.39 is 0 Å². The quantitative estimate of drug-likeness (QED) is 0.642. The highest BCUT2D eigenvalue weighted by molar-refractivity contribution is 5.15. The summed E-state index contributed by atoms with van der Waals surface area (Å²) in [7, 11) is 0. The molecule has 0 aliphatic carbocycles. The molecule has 3 heteroatoms. The van der Waals surface area contributed by atoms with E-state index in [9.17, 15) is 0 Å². The van der Waals surface area contributed by atoms with Crippen molar-refractivity contribution in [2.24, 2.45) is 5.73 Å². The summed E-state index contributed by atoms with van der Waals surface area (Å²) in [5, 5.41) is 3.24. The lowest BCUT2D eigenvalue weighted by atomic mass is 10.0. The van der Waals surface area contributed by atoms with Crippen molar-refractivity contribution in [3.05, 3.63) is 23.7 Å². The third-order valence-corrected chi connectivity index (χ3v) is 2.39. The molecule has 66 valence electrons. The Bertz CT molecular complexity index is 269. The Hall–Kier alpha value is -0.800. The molecule has 2 atom stereocenters. The maximum Gasteiger partial charge on any atom is 0.110 e. The van der Waals surface area contributed by atoms with Gasteiger partial charge in [0.2, 0.25) is 0 Å². The number of hydrogen-bond acceptors (Lipinski definition) is 3. The molecule has 1 fully saturated rings. The monoisotopic (exact) mass is 166 g/mol. The molecule has 0 saturated carbocycles. The summed E-state index contributed by atoms with van der Waals surface area (Å²) in [6, 6.07) is 4.21. The Morgan fingerprint density at radius 2 is 2.33 bits per heavy atom. The lowest BCUT2D eigenvalue weighted by Crippen LogP contribution is -2.27. The Morgan fingerprint density at radius 1 is 1.50 bits per heavy atom. The van der Waals surface area contributed by atoms with Crippen LogP contribution < -0.4 is 11.1 Å². The Labute approximate surface area is 71.9 Å². The molecule has 0 unspecified atom stereocenters. The van der Waals surface area contributed by atoms with Gasteiger partial charge >= 0.3 is 0 Å². The second-order valence-corrected chi connectivity index (χ2v) is 3.38. The van der Waals surface area contributed by atoms with Gasteiger partial charge in [-0.25, -0.2) is 0 Å². The molecule has 1 aromatic heterocycles. The number of rotatable bonds is 1. The third-order valence-electron chi connectivity index (χ3n) is 2.39. The summed E-state index contributed by atoms with van der Waals surface area (Å²) < 4.78 is 5.52. The molecule has 1 aromatic rings. The van der Waals surface area contributed by atoms with Crippen molar-refractivity contribution >= 4 is 0 Å². The normalized spacial score (nSPS) is 29.5. The average Bonchev–Trinajstić information content (AvgIpc) is 2.58. The fourth-order valence-corrected chi connectivity index (χ4v) is 1.66. The highest BCUT2D eigenvalue weighted by atomic mass is 16.3. The fraction of sp³-hybridized carbons (Fsp3) is 0.556. The van der Waals surface area contributed by atoms with Gasteiger partial charge in [0.25, 0.3) is 0 Å². The number of aryl methyl sites for hydroxylation is 1. The highest BCUT2D eigenvalue weighted by Crippen LogP contribution is 2.23. The van der Waals surface area contributed by atoms with Gasteiger partial charge in [-0.2, -0.15) is 0 Å². The van der Waals surface area contributed by atoms with Crippen LogP contribution in [0.1, 0.15) is 17.4 Å². The summed E-state index contributed by atoms with van der Waals surface area (Å²) in [6.45, 7) is 3.79. The Balaban J connectivity index is 2.19. The number of hydrogen-bond donors (Lipinski definition) is 2. The lowest BCUT2D eigenvalue weighted by molar-refractivity contribution is 0.438. The van der Waals surface area contributed by atoms with E-state index >= 15 is 0 Å². The Kier molecular flexibility index (Phi) is 1.90. The van der Waals surface area contributed by atoms with Crippen LogP contribution in [-0.4, -0.2) is 19.1 Å². The molecule has 12 heavy (non-hydrogen) atoms. The second-order valence-electron chi connectivity index (χ2n) is 3.38. The minimum atomic E-state index is 0.204. The minimum absolute atomic E-state index is 0.204. The van der Waals surface area contributed by atoms with Crippen LogP contribution in [-0.2, 0) is 0 Å². The molecule has 1 aliphatic heterocycles. The molecule has 0 spiro atoms. The van der Waals surface area contributed by atoms with Crippen molar-refractivity contribution in [3.8, 4) is 0 Å². The van der Waals surface area contributed by atoms with Gasteiger partial charge in [-0.15, -0.1) is 0 Å². The molecule has 1 aliphatic rings. The SMILES string of the molecule is Cc1ccc([C@H]2CNC[C@@H]2N)o1. The Morgan fingerprint density at radius 3 is 2.83 bits per heavy atom. The van der Waals surface area contributed by atoms with E-state index in [-0.39, 0.29) is 6.04 Å². The van der Waals surface area contributed by atoms with Gasteiger partial charge in [0.15, 0.2) is 0 Å². The van der Waals surface area contributed by atoms with E-state index in [0.29, 0.717) is 5.92 Å². The van der Waals surface area contributed by atoms with Crippen molar-refractivity contribution in [1.29, 1.82) is 0 Å². The molecule has 0 radical (unpaired) electrons. The number of furan rings is 1. The molecule has 1 saturated heterocycles. The van der Waals surface area contributed by atoms with Crippen LogP contribution in [0.2, 0.25) is 0 Å². The minimum Gasteiger partial charge on any atom is -0.466 e. The molecule has 3 nitrogen and oxygen atoms in total. The van der Waals surface area contributed by atoms with Crippen molar-refractivity contribution < 1.29 is 4.42 Å². The largest absolute Gasteiger partial charge is 0.466 e. The predicted octanol–water partition coefficient (Wildman–Crippen LogP) is 0.602. The first-order chi connectivity index (χ1) is 5.77. The summed E-state index contributed by atoms with van der Waals surface area (Å²) in [5.74, 6) is 2.34. The maximum absolute atomic E-state index is 5.90. The summed E-state index contributed by atoms with van der Waals surface area (Å²) in [5.41, 5.74) is 5.90. The molecule has 0 amide bonds. The summed E-state index contributed by atoms with van der Waals surface area (Å²) in [6.07, 6.45) is 0. The molecular weight excluding hydrogens is 152 g/mol. The zero-order chi connectivity index (χ0) is 8.55. The maximum atomic E-state index is 5.90. The van der Waals surface area contributed by atoms with Crippen LogP contribution >= 0.6 is 0 Å². The van der Waals surface area contributed by atoms with E-state index in [1.165, 1.54) is 0 Å². The second kappa shape index (κ2) is 2.92. The summed E-state index contributed by atoms with van der Waals surface area (Å²) in [4.78, 5) is 0. The van der Waals surface area contributed by atoms with Crippen molar-refractivity contribution in [3.63, 3.8) is 0 Å². The van der Waals surface area contributed by atoms with Gasteiger partial charge in [0.1, 0.15) is 11.5 Å². The van der Waals surface area contributed by atoms with Crippen LogP contribution in [0, 0.1) is 6.92 Å². The van der Waals surface area contributed by atoms with Gasteiger partial charge in [-0.1, -0.05) is 0 Å². The number of nitrogens with two attached hydrogens (primary N) is 1. The van der Waals surface area contributed by atoms with Gasteiger partial charge in [0.05, 0.1) is 0 Å². The van der Waals surface area contributed by atoms with Gasteiger partial charge in [-0.3, -0.25) is 0 Å². The van der Waals surface area contributed by atoms with E-state index in [1.807, 2.05) is 19.1 Å². The molecule has 3 N–H and O–H groups in total. The fourth-order valence-electron chi connectivity index (χ4n) is 1.66. The van der Waals surface area contributed by atoms with E-state index in [4.69, 9.17) is 10.2 Å². The van der Waals surface area contributed by atoms with Crippen LogP contribution in [0.5, 0.6) is 0 Å². The van der Waals surface area contributed by atoms with Crippen molar-refractivity contribution in [1.82, 2.24) is 5.32 Å². The first-order valence-electron chi connectivity index (χ1n) is 4.30. The molecular formula is C9H14N2O. The van der Waals surface area contributed by atoms with E-state index in [0.717, 1.165) is 24.6 Å². The zero-order valence-corrected chi connectivity index (χ0v) is 7.21. The highest BCUT2D eigenvalue weighted by Gasteiger charge is 2.27. The van der Waals surface area contributed by atoms with Gasteiger partial charge in [0, 0.05) is 25.0 Å². The van der Waals surface area contributed by atoms with Crippen LogP contribution in [0.4, 0.5) is 0 Å². The molecule has 0 bridgehead atoms. The average molecular weight is 166 g/mol. The zero-order valence-electron chi connectivity index (χ0n) is 7.21. The molecule has 0 aromatic carbocycles. The lowest BCUT2D eigenvalue weighted by Gasteiger charge is -2.10. The van der Waals surface area contributed by atoms with Crippen LogP contribution in [0.25, 0.3) is 0 Å². The van der Waals surface area contributed by atoms with Crippen LogP contribution in [0.3, 0.4) is 0 Å². The molecule has 2 heterocycles. The van der Waals surface area contributed by atoms with Crippen molar-refractivity contribution in [2.75, 3.05) is 13.1 Å². The third kappa shape index (κ3) is 1.26. The standard InChI is InChI=1S/C9H14N2O/c1-6-2-3-9(12-6)7-4-11-5-8(7)10/h2-3,7-8,11H,4-5,10H2,1H3/t7-,8-/m0/s1. The topological polar surface area (TPSA) is 51.2 Å². The van der Waals surface area contributed by atoms with E-state index in [2.05, 4.69) is 5.32 Å². The number of nitrogens with one attached hydrogen (secondary N) is 1. The predicted molar refractivity (Wildman–Crippen MR) is 47.0 cm³/mol. The van der Waals surface area contributed by atoms with Crippen molar-refractivity contribution in [2.45, 2.75) is 18.9 Å². The van der Waals surface area contributed by atoms with Gasteiger partial charge < -0.3 is 15.5 Å². The first kappa shape index (κ1) is 7.83. The van der Waals surface area contributed by atoms with Gasteiger partial charge in [-0.05, 0) is 19.1 Å². The van der Waals surface area contributed by atoms with Crippen LogP contribution in [0.15, 0.2) is 16.5 Å².